The fourth-order valence-electron chi connectivity index (χ4n) is 2.44. The first-order valence-corrected chi connectivity index (χ1v) is 5.78. The molecule has 1 fully saturated rings. The van der Waals surface area contributed by atoms with Gasteiger partial charge in [0.05, 0.1) is 5.91 Å². The van der Waals surface area contributed by atoms with Crippen molar-refractivity contribution in [3.8, 4) is 0 Å². The molecule has 0 saturated carbocycles. The maximum absolute atomic E-state index is 11.3. The van der Waals surface area contributed by atoms with E-state index in [0.29, 0.717) is 17.4 Å². The Hall–Kier alpha value is 0.444. The van der Waals surface area contributed by atoms with E-state index in [1.807, 2.05) is 4.90 Å². The molecule has 0 spiro atoms. The molecule has 2 atom stereocenters. The molecule has 1 rings (SSSR count). The largest absolute Gasteiger partial charge is 0.367 e. The summed E-state index contributed by atoms with van der Waals surface area (Å²) in [4.78, 5) is 13.2. The molecule has 2 nitrogen and oxygen atoms in total. The Kier molecular flexibility index (Phi) is 6.57. The number of rotatable bonds is 1. The molecule has 0 aliphatic carbocycles. The fraction of sp³-hybridized carbons (Fsp3) is 0.769. The molecule has 91 valence electrons. The summed E-state index contributed by atoms with van der Waals surface area (Å²) >= 11 is 0. The molecule has 1 aliphatic heterocycles. The molecule has 0 bridgehead atoms. The summed E-state index contributed by atoms with van der Waals surface area (Å²) < 4.78 is 0. The van der Waals surface area contributed by atoms with E-state index < -0.39 is 0 Å². The monoisotopic (exact) mass is 298 g/mol. The second-order valence-electron chi connectivity index (χ2n) is 5.62. The maximum Gasteiger partial charge on any atom is 0.0824 e. The minimum atomic E-state index is -0.0454. The van der Waals surface area contributed by atoms with Gasteiger partial charge in [0.1, 0.15) is 0 Å². The molecule has 1 saturated heterocycles. The van der Waals surface area contributed by atoms with Crippen LogP contribution in [0.15, 0.2) is 0 Å². The van der Waals surface area contributed by atoms with Gasteiger partial charge in [-0.25, -0.2) is 0 Å². The van der Waals surface area contributed by atoms with Crippen LogP contribution in [0.5, 0.6) is 0 Å². The SMILES string of the molecule is [CH2-]C[C@H]1C[C@H](C(C)(C)C)CCN1C([CH2-])=O.[Y]. The van der Waals surface area contributed by atoms with Crippen molar-refractivity contribution in [3.05, 3.63) is 13.8 Å². The van der Waals surface area contributed by atoms with Crippen LogP contribution in [0, 0.1) is 25.2 Å². The first-order chi connectivity index (χ1) is 6.86. The molecule has 1 heterocycles. The van der Waals surface area contributed by atoms with E-state index >= 15 is 0 Å². The Morgan fingerprint density at radius 3 is 2.38 bits per heavy atom. The van der Waals surface area contributed by atoms with Crippen LogP contribution in [-0.2, 0) is 37.5 Å². The van der Waals surface area contributed by atoms with E-state index in [9.17, 15) is 4.79 Å². The number of piperidine rings is 1. The van der Waals surface area contributed by atoms with Gasteiger partial charge in [-0.2, -0.15) is 6.42 Å². The Morgan fingerprint density at radius 1 is 1.44 bits per heavy atom. The van der Waals surface area contributed by atoms with Crippen molar-refractivity contribution < 1.29 is 37.5 Å². The molecule has 1 amide bonds. The Morgan fingerprint density at radius 2 is 2.00 bits per heavy atom. The quantitative estimate of drug-likeness (QED) is 0.682. The van der Waals surface area contributed by atoms with Crippen LogP contribution in [-0.4, -0.2) is 23.4 Å². The van der Waals surface area contributed by atoms with Gasteiger partial charge in [-0.3, -0.25) is 0 Å². The van der Waals surface area contributed by atoms with Gasteiger partial charge in [0.15, 0.2) is 0 Å². The predicted octanol–water partition coefficient (Wildman–Crippen LogP) is 2.70. The normalized spacial score (nSPS) is 26.1. The summed E-state index contributed by atoms with van der Waals surface area (Å²) in [6, 6.07) is 0.299. The first kappa shape index (κ1) is 16.4. The first-order valence-electron chi connectivity index (χ1n) is 5.78. The third kappa shape index (κ3) is 4.03. The number of hydrogen-bond acceptors (Lipinski definition) is 1. The van der Waals surface area contributed by atoms with Gasteiger partial charge >= 0.3 is 0 Å². The van der Waals surface area contributed by atoms with E-state index in [2.05, 4.69) is 34.6 Å². The van der Waals surface area contributed by atoms with Gasteiger partial charge in [0.25, 0.3) is 0 Å². The van der Waals surface area contributed by atoms with Crippen LogP contribution >= 0.6 is 0 Å². The minimum Gasteiger partial charge on any atom is -0.367 e. The van der Waals surface area contributed by atoms with Crippen molar-refractivity contribution in [1.29, 1.82) is 0 Å². The number of nitrogens with zero attached hydrogens (tertiary/aromatic N) is 1. The maximum atomic E-state index is 11.3. The van der Waals surface area contributed by atoms with Crippen LogP contribution in [0.25, 0.3) is 0 Å². The predicted molar refractivity (Wildman–Crippen MR) is 63.0 cm³/mol. The van der Waals surface area contributed by atoms with E-state index in [-0.39, 0.29) is 38.6 Å². The van der Waals surface area contributed by atoms with Gasteiger partial charge in [0.2, 0.25) is 0 Å². The second-order valence-corrected chi connectivity index (χ2v) is 5.62. The van der Waals surface area contributed by atoms with Crippen LogP contribution in [0.4, 0.5) is 0 Å². The second kappa shape index (κ2) is 6.40. The topological polar surface area (TPSA) is 20.3 Å². The standard InChI is InChI=1S/C13H23NO.Y/c1-6-12-9-11(13(3,4)5)7-8-14(12)10(2)15;/h11-12H,1-2,6-9H2,3-5H3;/q-2;/t11-,12+;/m1./s1. The van der Waals surface area contributed by atoms with Crippen molar-refractivity contribution in [1.82, 2.24) is 4.90 Å². The summed E-state index contributed by atoms with van der Waals surface area (Å²) in [7, 11) is 0. The van der Waals surface area contributed by atoms with Gasteiger partial charge in [0, 0.05) is 45.3 Å². The van der Waals surface area contributed by atoms with Crippen LogP contribution in [0.3, 0.4) is 0 Å². The average Bonchev–Trinajstić information content (AvgIpc) is 2.15. The van der Waals surface area contributed by atoms with Gasteiger partial charge in [-0.05, 0) is 24.2 Å². The van der Waals surface area contributed by atoms with Crippen LogP contribution < -0.4 is 0 Å². The molecule has 16 heavy (non-hydrogen) atoms. The Bertz CT molecular complexity index is 235. The summed E-state index contributed by atoms with van der Waals surface area (Å²) in [5.41, 5.74) is 0.337. The number of hydrogen-bond donors (Lipinski definition) is 0. The third-order valence-electron chi connectivity index (χ3n) is 3.59. The molecule has 0 aromatic heterocycles. The number of amides is 1. The summed E-state index contributed by atoms with van der Waals surface area (Å²) in [5.74, 6) is 0.649. The number of carbonyl (C=O) groups excluding carboxylic acids is 1. The zero-order chi connectivity index (χ0) is 11.6. The summed E-state index contributed by atoms with van der Waals surface area (Å²) in [6.45, 7) is 15.1. The summed E-state index contributed by atoms with van der Waals surface area (Å²) in [5, 5.41) is 0. The van der Waals surface area contributed by atoms with E-state index in [1.54, 1.807) is 0 Å². The molecule has 1 aliphatic rings. The molecular weight excluding hydrogens is 275 g/mol. The van der Waals surface area contributed by atoms with Gasteiger partial charge in [-0.1, -0.05) is 20.8 Å². The van der Waals surface area contributed by atoms with Crippen molar-refractivity contribution in [3.63, 3.8) is 0 Å². The van der Waals surface area contributed by atoms with E-state index in [1.165, 1.54) is 0 Å². The smallest absolute Gasteiger partial charge is 0.0824 e. The van der Waals surface area contributed by atoms with Gasteiger partial charge in [-0.15, -0.1) is 0 Å². The fourth-order valence-corrected chi connectivity index (χ4v) is 2.44. The van der Waals surface area contributed by atoms with Gasteiger partial charge < -0.3 is 23.5 Å². The van der Waals surface area contributed by atoms with E-state index in [4.69, 9.17) is 0 Å². The average molecular weight is 298 g/mol. The van der Waals surface area contributed by atoms with Crippen LogP contribution in [0.1, 0.15) is 40.0 Å². The van der Waals surface area contributed by atoms with Crippen molar-refractivity contribution in [2.24, 2.45) is 11.3 Å². The van der Waals surface area contributed by atoms with Crippen molar-refractivity contribution in [2.45, 2.75) is 46.1 Å². The molecule has 0 aromatic carbocycles. The van der Waals surface area contributed by atoms with Crippen molar-refractivity contribution >= 4 is 5.91 Å². The molecule has 0 aromatic rings. The molecule has 3 heteroatoms. The zero-order valence-corrected chi connectivity index (χ0v) is 13.7. The molecule has 0 unspecified atom stereocenters. The number of likely N-dealkylation sites (tertiary alicyclic amines) is 1. The van der Waals surface area contributed by atoms with E-state index in [0.717, 1.165) is 25.8 Å². The Labute approximate surface area is 125 Å². The Balaban J connectivity index is 0.00000225. The summed E-state index contributed by atoms with van der Waals surface area (Å²) in [6.07, 6.45) is 2.98. The molecular formula is C13H23NOY-2. The molecule has 0 N–H and O–H groups in total. The third-order valence-corrected chi connectivity index (χ3v) is 3.59. The van der Waals surface area contributed by atoms with Crippen LogP contribution in [0.2, 0.25) is 0 Å². The molecule has 1 radical (unpaired) electrons. The zero-order valence-electron chi connectivity index (χ0n) is 10.8. The number of carbonyl (C=O) groups is 1. The minimum absolute atomic E-state index is 0. The van der Waals surface area contributed by atoms with Crippen molar-refractivity contribution in [2.75, 3.05) is 6.54 Å².